The second kappa shape index (κ2) is 9.64. The van der Waals surface area contributed by atoms with Gasteiger partial charge in [-0.1, -0.05) is 36.4 Å². The van der Waals surface area contributed by atoms with Gasteiger partial charge in [0.1, 0.15) is 0 Å². The Labute approximate surface area is 182 Å². The predicted octanol–water partition coefficient (Wildman–Crippen LogP) is 2.92. The fraction of sp³-hybridized carbons (Fsp3) is 0.375. The van der Waals surface area contributed by atoms with Crippen LogP contribution >= 0.6 is 0 Å². The van der Waals surface area contributed by atoms with Crippen LogP contribution < -0.4 is 5.32 Å². The molecule has 0 atom stereocenters. The number of likely N-dealkylation sites (tertiary alicyclic amines) is 1. The van der Waals surface area contributed by atoms with Crippen LogP contribution in [0.5, 0.6) is 0 Å². The summed E-state index contributed by atoms with van der Waals surface area (Å²) in [4.78, 5) is 43.5. The van der Waals surface area contributed by atoms with Crippen LogP contribution in [-0.4, -0.2) is 71.8 Å². The van der Waals surface area contributed by atoms with Crippen LogP contribution in [0.2, 0.25) is 0 Å². The van der Waals surface area contributed by atoms with E-state index in [4.69, 9.17) is 0 Å². The Morgan fingerprint density at radius 1 is 0.677 bits per heavy atom. The summed E-state index contributed by atoms with van der Waals surface area (Å²) in [5.41, 5.74) is 1.46. The lowest BCUT2D eigenvalue weighted by molar-refractivity contribution is -0.138. The number of anilines is 1. The van der Waals surface area contributed by atoms with Gasteiger partial charge in [0.05, 0.1) is 0 Å². The molecule has 2 aliphatic heterocycles. The molecule has 0 radical (unpaired) electrons. The maximum atomic E-state index is 13.0. The van der Waals surface area contributed by atoms with Gasteiger partial charge in [0.25, 0.3) is 5.91 Å². The lowest BCUT2D eigenvalue weighted by atomic mass is 9.95. The molecule has 0 saturated carbocycles. The van der Waals surface area contributed by atoms with E-state index in [0.29, 0.717) is 57.7 Å². The van der Waals surface area contributed by atoms with Gasteiger partial charge in [0.15, 0.2) is 0 Å². The predicted molar refractivity (Wildman–Crippen MR) is 119 cm³/mol. The third kappa shape index (κ3) is 5.05. The molecule has 0 aromatic heterocycles. The number of amides is 4. The monoisotopic (exact) mass is 420 g/mol. The SMILES string of the molecule is O=C(Nc1ccccc1)N1CCC(C(=O)N2CCN(C(=O)c3ccccc3)CC2)CC1. The first-order valence-corrected chi connectivity index (χ1v) is 10.9. The van der Waals surface area contributed by atoms with Crippen molar-refractivity contribution in [2.75, 3.05) is 44.6 Å². The number of rotatable bonds is 3. The largest absolute Gasteiger partial charge is 0.339 e. The van der Waals surface area contributed by atoms with Crippen molar-refractivity contribution >= 4 is 23.5 Å². The number of piperazine rings is 1. The van der Waals surface area contributed by atoms with Crippen molar-refractivity contribution in [2.45, 2.75) is 12.8 Å². The lowest BCUT2D eigenvalue weighted by Crippen LogP contribution is -2.53. The van der Waals surface area contributed by atoms with Crippen molar-refractivity contribution in [1.29, 1.82) is 0 Å². The number of urea groups is 1. The Morgan fingerprint density at radius 3 is 1.84 bits per heavy atom. The summed E-state index contributed by atoms with van der Waals surface area (Å²) in [6.45, 7) is 3.37. The topological polar surface area (TPSA) is 73.0 Å². The minimum absolute atomic E-state index is 0.0189. The number of piperidine rings is 1. The zero-order chi connectivity index (χ0) is 21.6. The zero-order valence-electron chi connectivity index (χ0n) is 17.6. The second-order valence-corrected chi connectivity index (χ2v) is 8.04. The third-order valence-corrected chi connectivity index (χ3v) is 6.06. The van der Waals surface area contributed by atoms with E-state index in [0.717, 1.165) is 5.69 Å². The smallest absolute Gasteiger partial charge is 0.321 e. The number of para-hydroxylation sites is 1. The molecule has 162 valence electrons. The van der Waals surface area contributed by atoms with Crippen LogP contribution in [0.3, 0.4) is 0 Å². The number of carbonyl (C=O) groups is 3. The first-order valence-electron chi connectivity index (χ1n) is 10.9. The van der Waals surface area contributed by atoms with Gasteiger partial charge in [-0.15, -0.1) is 0 Å². The molecule has 7 heteroatoms. The van der Waals surface area contributed by atoms with E-state index in [1.54, 1.807) is 4.90 Å². The third-order valence-electron chi connectivity index (χ3n) is 6.06. The van der Waals surface area contributed by atoms with Gasteiger partial charge >= 0.3 is 6.03 Å². The molecule has 0 spiro atoms. The van der Waals surface area contributed by atoms with E-state index < -0.39 is 0 Å². The summed E-state index contributed by atoms with van der Waals surface area (Å²) < 4.78 is 0. The number of nitrogens with zero attached hydrogens (tertiary/aromatic N) is 3. The van der Waals surface area contributed by atoms with E-state index in [1.807, 2.05) is 70.5 Å². The molecule has 7 nitrogen and oxygen atoms in total. The van der Waals surface area contributed by atoms with E-state index in [1.165, 1.54) is 0 Å². The fourth-order valence-electron chi connectivity index (χ4n) is 4.20. The summed E-state index contributed by atoms with van der Waals surface area (Å²) in [5, 5.41) is 2.90. The van der Waals surface area contributed by atoms with Crippen LogP contribution in [0.4, 0.5) is 10.5 Å². The number of hydrogen-bond donors (Lipinski definition) is 1. The minimum atomic E-state index is -0.120. The van der Waals surface area contributed by atoms with Crippen molar-refractivity contribution in [3.8, 4) is 0 Å². The molecule has 0 aliphatic carbocycles. The molecule has 2 aliphatic rings. The molecule has 0 bridgehead atoms. The highest BCUT2D eigenvalue weighted by Gasteiger charge is 2.32. The van der Waals surface area contributed by atoms with Gasteiger partial charge in [-0.05, 0) is 37.1 Å². The Bertz CT molecular complexity index is 903. The molecule has 2 saturated heterocycles. The van der Waals surface area contributed by atoms with E-state index in [2.05, 4.69) is 5.32 Å². The molecule has 0 unspecified atom stereocenters. The molecular weight excluding hydrogens is 392 g/mol. The quantitative estimate of drug-likeness (QED) is 0.830. The fourth-order valence-corrected chi connectivity index (χ4v) is 4.20. The average molecular weight is 421 g/mol. The first kappa shape index (κ1) is 20.9. The molecule has 4 amide bonds. The summed E-state index contributed by atoms with van der Waals surface area (Å²) in [6.07, 6.45) is 1.34. The molecule has 1 N–H and O–H groups in total. The maximum Gasteiger partial charge on any atom is 0.321 e. The highest BCUT2D eigenvalue weighted by atomic mass is 16.2. The zero-order valence-corrected chi connectivity index (χ0v) is 17.6. The molecule has 2 aromatic carbocycles. The Hall–Kier alpha value is -3.35. The van der Waals surface area contributed by atoms with Gasteiger partial charge < -0.3 is 20.0 Å². The van der Waals surface area contributed by atoms with Gasteiger partial charge in [-0.3, -0.25) is 9.59 Å². The summed E-state index contributed by atoms with van der Waals surface area (Å²) >= 11 is 0. The standard InChI is InChI=1S/C24H28N4O3/c29-22(19-7-3-1-4-8-19)26-15-17-27(18-16-26)23(30)20-11-13-28(14-12-20)24(31)25-21-9-5-2-6-10-21/h1-10,20H,11-18H2,(H,25,31). The van der Waals surface area contributed by atoms with Gasteiger partial charge in [0, 0.05) is 56.4 Å². The van der Waals surface area contributed by atoms with Crippen LogP contribution in [0, 0.1) is 5.92 Å². The highest BCUT2D eigenvalue weighted by molar-refractivity contribution is 5.94. The molecule has 2 fully saturated rings. The van der Waals surface area contributed by atoms with Crippen molar-refractivity contribution in [2.24, 2.45) is 5.92 Å². The second-order valence-electron chi connectivity index (χ2n) is 8.04. The van der Waals surface area contributed by atoms with Crippen molar-refractivity contribution in [3.63, 3.8) is 0 Å². The number of hydrogen-bond acceptors (Lipinski definition) is 3. The Morgan fingerprint density at radius 2 is 1.23 bits per heavy atom. The van der Waals surface area contributed by atoms with Crippen LogP contribution in [-0.2, 0) is 4.79 Å². The summed E-state index contributed by atoms with van der Waals surface area (Å²) in [7, 11) is 0. The average Bonchev–Trinajstić information content (AvgIpc) is 2.84. The van der Waals surface area contributed by atoms with Gasteiger partial charge in [-0.2, -0.15) is 0 Å². The maximum absolute atomic E-state index is 13.0. The van der Waals surface area contributed by atoms with Crippen molar-refractivity contribution in [1.82, 2.24) is 14.7 Å². The van der Waals surface area contributed by atoms with E-state index >= 15 is 0 Å². The van der Waals surface area contributed by atoms with Gasteiger partial charge in [0.2, 0.25) is 5.91 Å². The first-order chi connectivity index (χ1) is 15.1. The summed E-state index contributed by atoms with van der Waals surface area (Å²) in [6, 6.07) is 18.5. The lowest BCUT2D eigenvalue weighted by Gasteiger charge is -2.38. The normalized spacial score (nSPS) is 17.4. The minimum Gasteiger partial charge on any atom is -0.339 e. The molecular formula is C24H28N4O3. The van der Waals surface area contributed by atoms with Crippen LogP contribution in [0.25, 0.3) is 0 Å². The number of carbonyl (C=O) groups excluding carboxylic acids is 3. The number of benzene rings is 2. The van der Waals surface area contributed by atoms with Crippen molar-refractivity contribution in [3.05, 3.63) is 66.2 Å². The molecule has 2 heterocycles. The van der Waals surface area contributed by atoms with Crippen molar-refractivity contribution < 1.29 is 14.4 Å². The molecule has 4 rings (SSSR count). The highest BCUT2D eigenvalue weighted by Crippen LogP contribution is 2.22. The number of nitrogens with one attached hydrogen (secondary N) is 1. The molecule has 2 aromatic rings. The Kier molecular flexibility index (Phi) is 6.50. The molecule has 31 heavy (non-hydrogen) atoms. The van der Waals surface area contributed by atoms with Gasteiger partial charge in [-0.25, -0.2) is 4.79 Å². The van der Waals surface area contributed by atoms with E-state index in [-0.39, 0.29) is 23.8 Å². The van der Waals surface area contributed by atoms with Crippen LogP contribution in [0.15, 0.2) is 60.7 Å². The Balaban J connectivity index is 1.23. The van der Waals surface area contributed by atoms with Crippen LogP contribution in [0.1, 0.15) is 23.2 Å². The summed E-state index contributed by atoms with van der Waals surface area (Å²) in [5.74, 6) is 0.109. The van der Waals surface area contributed by atoms with E-state index in [9.17, 15) is 14.4 Å².